The molecule has 7 nitrogen and oxygen atoms in total. The number of aromatic nitrogens is 4. The minimum absolute atomic E-state index is 0.0307. The Morgan fingerprint density at radius 1 is 1.13 bits per heavy atom. The van der Waals surface area contributed by atoms with Crippen LogP contribution in [0.1, 0.15) is 25.8 Å². The third kappa shape index (κ3) is 4.42. The van der Waals surface area contributed by atoms with Crippen LogP contribution < -0.4 is 10.3 Å². The van der Waals surface area contributed by atoms with Gasteiger partial charge in [0.05, 0.1) is 29.1 Å². The Balaban J connectivity index is 1.58. The summed E-state index contributed by atoms with van der Waals surface area (Å²) in [6.07, 6.45) is 0.891. The van der Waals surface area contributed by atoms with E-state index in [4.69, 9.17) is 10.00 Å². The molecule has 158 valence electrons. The molecule has 0 aliphatic carbocycles. The second-order valence-corrected chi connectivity index (χ2v) is 8.67. The molecule has 8 heteroatoms. The highest BCUT2D eigenvalue weighted by Gasteiger charge is 2.16. The van der Waals surface area contributed by atoms with Crippen molar-refractivity contribution in [1.29, 1.82) is 5.26 Å². The molecule has 0 unspecified atom stereocenters. The molecule has 0 radical (unpaired) electrons. The number of thioether (sulfide) groups is 1. The summed E-state index contributed by atoms with van der Waals surface area (Å²) in [5.41, 5.74) is 1.38. The number of benzene rings is 2. The Labute approximate surface area is 184 Å². The van der Waals surface area contributed by atoms with Crippen molar-refractivity contribution in [2.24, 2.45) is 5.92 Å². The quantitative estimate of drug-likeness (QED) is 0.307. The number of nitrogens with zero attached hydrogens (tertiary/aromatic N) is 5. The predicted molar refractivity (Wildman–Crippen MR) is 122 cm³/mol. The number of nitriles is 1. The first-order valence-corrected chi connectivity index (χ1v) is 11.2. The number of fused-ring (bicyclic) bond motifs is 3. The van der Waals surface area contributed by atoms with Crippen molar-refractivity contribution in [3.8, 4) is 11.8 Å². The summed E-state index contributed by atoms with van der Waals surface area (Å²) in [5, 5.41) is 19.0. The summed E-state index contributed by atoms with van der Waals surface area (Å²) in [7, 11) is 0. The highest BCUT2D eigenvalue weighted by Crippen LogP contribution is 2.22. The van der Waals surface area contributed by atoms with Crippen molar-refractivity contribution >= 4 is 28.4 Å². The van der Waals surface area contributed by atoms with Crippen molar-refractivity contribution in [3.05, 3.63) is 64.4 Å². The van der Waals surface area contributed by atoms with E-state index >= 15 is 0 Å². The third-order valence-corrected chi connectivity index (χ3v) is 5.87. The number of rotatable bonds is 8. The van der Waals surface area contributed by atoms with Crippen molar-refractivity contribution in [2.75, 3.05) is 12.4 Å². The molecule has 0 atom stereocenters. The van der Waals surface area contributed by atoms with Gasteiger partial charge in [0.25, 0.3) is 5.56 Å². The van der Waals surface area contributed by atoms with E-state index in [9.17, 15) is 4.79 Å². The largest absolute Gasteiger partial charge is 0.493 e. The summed E-state index contributed by atoms with van der Waals surface area (Å²) in [5.74, 6) is 2.44. The van der Waals surface area contributed by atoms with E-state index < -0.39 is 0 Å². The van der Waals surface area contributed by atoms with Crippen LogP contribution in [-0.2, 0) is 6.54 Å². The molecule has 0 bridgehead atoms. The van der Waals surface area contributed by atoms with Crippen LogP contribution in [-0.4, -0.2) is 31.5 Å². The van der Waals surface area contributed by atoms with Crippen LogP contribution in [0.4, 0.5) is 0 Å². The fourth-order valence-corrected chi connectivity index (χ4v) is 4.09. The highest BCUT2D eigenvalue weighted by molar-refractivity contribution is 7.99. The zero-order valence-corrected chi connectivity index (χ0v) is 18.3. The summed E-state index contributed by atoms with van der Waals surface area (Å²) >= 11 is 1.53. The lowest BCUT2D eigenvalue weighted by molar-refractivity contribution is 0.344. The Kier molecular flexibility index (Phi) is 6.23. The molecule has 0 N–H and O–H groups in total. The fraction of sp³-hybridized carbons (Fsp3) is 0.304. The topological polar surface area (TPSA) is 85.2 Å². The van der Waals surface area contributed by atoms with Crippen LogP contribution >= 0.6 is 11.8 Å². The van der Waals surface area contributed by atoms with E-state index in [0.29, 0.717) is 41.5 Å². The van der Waals surface area contributed by atoms with Crippen LogP contribution in [0.25, 0.3) is 16.7 Å². The second-order valence-electron chi connectivity index (χ2n) is 7.61. The van der Waals surface area contributed by atoms with Gasteiger partial charge in [0.2, 0.25) is 5.78 Å². The summed E-state index contributed by atoms with van der Waals surface area (Å²) in [6.45, 7) is 5.37. The number of para-hydroxylation sites is 1. The van der Waals surface area contributed by atoms with Gasteiger partial charge in [0, 0.05) is 12.3 Å². The average molecular weight is 434 g/mol. The molecular weight excluding hydrogens is 410 g/mol. The average Bonchev–Trinajstić information content (AvgIpc) is 3.21. The molecule has 2 aromatic carbocycles. The van der Waals surface area contributed by atoms with E-state index in [0.717, 1.165) is 22.8 Å². The maximum atomic E-state index is 13.1. The van der Waals surface area contributed by atoms with Crippen molar-refractivity contribution in [3.63, 3.8) is 0 Å². The second kappa shape index (κ2) is 9.23. The maximum Gasteiger partial charge on any atom is 0.262 e. The van der Waals surface area contributed by atoms with Gasteiger partial charge in [-0.1, -0.05) is 37.7 Å². The van der Waals surface area contributed by atoms with Gasteiger partial charge in [-0.2, -0.15) is 5.26 Å². The predicted octanol–water partition coefficient (Wildman–Crippen LogP) is 4.13. The van der Waals surface area contributed by atoms with Crippen LogP contribution in [0.15, 0.2) is 58.5 Å². The first-order valence-electron chi connectivity index (χ1n) is 10.2. The van der Waals surface area contributed by atoms with Gasteiger partial charge in [-0.15, -0.1) is 10.2 Å². The van der Waals surface area contributed by atoms with Crippen molar-refractivity contribution < 1.29 is 4.74 Å². The van der Waals surface area contributed by atoms with Gasteiger partial charge in [-0.25, -0.2) is 0 Å². The van der Waals surface area contributed by atoms with Gasteiger partial charge >= 0.3 is 0 Å². The van der Waals surface area contributed by atoms with Gasteiger partial charge in [-0.05, 0) is 48.7 Å². The Morgan fingerprint density at radius 3 is 2.65 bits per heavy atom. The van der Waals surface area contributed by atoms with Crippen molar-refractivity contribution in [2.45, 2.75) is 32.0 Å². The van der Waals surface area contributed by atoms with E-state index in [2.05, 4.69) is 30.1 Å². The minimum atomic E-state index is -0.0307. The first-order chi connectivity index (χ1) is 15.1. The Bertz CT molecular complexity index is 1300. The molecule has 0 aliphatic heterocycles. The van der Waals surface area contributed by atoms with Crippen molar-refractivity contribution in [1.82, 2.24) is 19.2 Å². The molecule has 2 heterocycles. The molecule has 0 spiro atoms. The molecule has 0 amide bonds. The van der Waals surface area contributed by atoms with E-state index in [1.54, 1.807) is 28.8 Å². The summed E-state index contributed by atoms with van der Waals surface area (Å²) in [4.78, 5) is 13.1. The van der Waals surface area contributed by atoms with Gasteiger partial charge in [-0.3, -0.25) is 13.8 Å². The molecule has 0 fully saturated rings. The zero-order chi connectivity index (χ0) is 21.8. The van der Waals surface area contributed by atoms with Crippen LogP contribution in [0, 0.1) is 17.2 Å². The minimum Gasteiger partial charge on any atom is -0.493 e. The molecule has 31 heavy (non-hydrogen) atoms. The fourth-order valence-electron chi connectivity index (χ4n) is 3.33. The normalized spacial score (nSPS) is 11.3. The maximum absolute atomic E-state index is 13.1. The molecule has 0 saturated carbocycles. The number of aryl methyl sites for hydroxylation is 1. The number of hydrogen-bond acceptors (Lipinski definition) is 6. The van der Waals surface area contributed by atoms with E-state index in [1.807, 2.05) is 28.7 Å². The molecule has 4 rings (SSSR count). The Hall–Kier alpha value is -3.31. The smallest absolute Gasteiger partial charge is 0.262 e. The standard InChI is InChI=1S/C23H23N5O2S/c1-16(2)11-12-27-21(29)19-5-3-4-6-20(19)28-22(27)25-26-23(28)31-14-13-30-18-9-7-17(15-24)8-10-18/h3-10,16H,11-14H2,1-2H3. The van der Waals surface area contributed by atoms with Gasteiger partial charge in [0.1, 0.15) is 5.75 Å². The lowest BCUT2D eigenvalue weighted by Gasteiger charge is -2.12. The van der Waals surface area contributed by atoms with E-state index in [-0.39, 0.29) is 5.56 Å². The molecule has 2 aromatic heterocycles. The SMILES string of the molecule is CC(C)CCn1c(=O)c2ccccc2n2c(SCCOc3ccc(C#N)cc3)nnc12. The molecular formula is C23H23N5O2S. The summed E-state index contributed by atoms with van der Waals surface area (Å²) in [6, 6.07) is 16.7. The van der Waals surface area contributed by atoms with Crippen LogP contribution in [0.5, 0.6) is 5.75 Å². The number of ether oxygens (including phenoxy) is 1. The number of hydrogen-bond donors (Lipinski definition) is 0. The highest BCUT2D eigenvalue weighted by atomic mass is 32.2. The first kappa shape index (κ1) is 20.9. The monoisotopic (exact) mass is 433 g/mol. The molecule has 4 aromatic rings. The van der Waals surface area contributed by atoms with Crippen LogP contribution in [0.3, 0.4) is 0 Å². The van der Waals surface area contributed by atoms with E-state index in [1.165, 1.54) is 11.8 Å². The lowest BCUT2D eigenvalue weighted by atomic mass is 10.1. The Morgan fingerprint density at radius 2 is 1.90 bits per heavy atom. The van der Waals surface area contributed by atoms with Gasteiger partial charge < -0.3 is 4.74 Å². The lowest BCUT2D eigenvalue weighted by Crippen LogP contribution is -2.24. The zero-order valence-electron chi connectivity index (χ0n) is 17.5. The summed E-state index contributed by atoms with van der Waals surface area (Å²) < 4.78 is 9.46. The third-order valence-electron chi connectivity index (χ3n) is 4.97. The molecule has 0 saturated heterocycles. The molecule has 0 aliphatic rings. The van der Waals surface area contributed by atoms with Crippen LogP contribution in [0.2, 0.25) is 0 Å². The van der Waals surface area contributed by atoms with Gasteiger partial charge in [0.15, 0.2) is 5.16 Å².